The summed E-state index contributed by atoms with van der Waals surface area (Å²) in [5.41, 5.74) is 1.96. The number of benzene rings is 2. The van der Waals surface area contributed by atoms with Crippen molar-refractivity contribution in [1.29, 1.82) is 0 Å². The van der Waals surface area contributed by atoms with Gasteiger partial charge in [-0.1, -0.05) is 24.3 Å². The van der Waals surface area contributed by atoms with Gasteiger partial charge in [0, 0.05) is 38.2 Å². The molecule has 0 unspecified atom stereocenters. The molecule has 4 nitrogen and oxygen atoms in total. The van der Waals surface area contributed by atoms with Crippen LogP contribution in [0.4, 0.5) is 10.1 Å². The molecule has 0 aromatic heterocycles. The van der Waals surface area contributed by atoms with E-state index in [0.29, 0.717) is 5.92 Å². The molecule has 142 valence electrons. The molecule has 2 aromatic carbocycles. The third-order valence-corrected chi connectivity index (χ3v) is 6.05. The van der Waals surface area contributed by atoms with Crippen LogP contribution < -0.4 is 5.32 Å². The quantitative estimate of drug-likeness (QED) is 0.868. The Kier molecular flexibility index (Phi) is 4.74. The van der Waals surface area contributed by atoms with Gasteiger partial charge in [0.05, 0.1) is 5.60 Å². The van der Waals surface area contributed by atoms with Crippen LogP contribution in [0.25, 0.3) is 0 Å². The number of hydrogen-bond donors (Lipinski definition) is 2. The molecular formula is C22H25FN2O2. The highest BCUT2D eigenvalue weighted by Gasteiger charge is 2.52. The average Bonchev–Trinajstić information content (AvgIpc) is 3.17. The molecule has 1 amide bonds. The minimum atomic E-state index is -0.859. The standard InChI is InChI=1S/C22H25FN2O2/c1-15(26)24-20-8-2-16(3-9-20)12-25-13-17-10-11-22(27,21(17)14-25)18-4-6-19(23)7-5-18/h2-9,17,21,27H,10-14H2,1H3,(H,24,26)/t17-,21+,22+/m0/s1. The predicted octanol–water partition coefficient (Wildman–Crippen LogP) is 3.51. The molecule has 3 atom stereocenters. The molecular weight excluding hydrogens is 343 g/mol. The van der Waals surface area contributed by atoms with E-state index in [0.717, 1.165) is 43.7 Å². The van der Waals surface area contributed by atoms with Gasteiger partial charge >= 0.3 is 0 Å². The summed E-state index contributed by atoms with van der Waals surface area (Å²) in [5, 5.41) is 14.1. The summed E-state index contributed by atoms with van der Waals surface area (Å²) in [6.45, 7) is 4.14. The van der Waals surface area contributed by atoms with Crippen molar-refractivity contribution in [2.75, 3.05) is 18.4 Å². The lowest BCUT2D eigenvalue weighted by Crippen LogP contribution is -2.34. The van der Waals surface area contributed by atoms with E-state index in [-0.39, 0.29) is 17.6 Å². The number of hydrogen-bond acceptors (Lipinski definition) is 3. The Morgan fingerprint density at radius 2 is 1.89 bits per heavy atom. The Morgan fingerprint density at radius 3 is 2.56 bits per heavy atom. The number of halogens is 1. The van der Waals surface area contributed by atoms with Gasteiger partial charge in [0.15, 0.2) is 0 Å². The molecule has 2 N–H and O–H groups in total. The summed E-state index contributed by atoms with van der Waals surface area (Å²) in [4.78, 5) is 13.5. The van der Waals surface area contributed by atoms with E-state index in [1.165, 1.54) is 24.6 Å². The van der Waals surface area contributed by atoms with E-state index in [9.17, 15) is 14.3 Å². The van der Waals surface area contributed by atoms with Crippen LogP contribution >= 0.6 is 0 Å². The highest BCUT2D eigenvalue weighted by Crippen LogP contribution is 2.50. The average molecular weight is 368 g/mol. The maximum Gasteiger partial charge on any atom is 0.221 e. The fraction of sp³-hybridized carbons (Fsp3) is 0.409. The van der Waals surface area contributed by atoms with E-state index in [1.54, 1.807) is 12.1 Å². The zero-order chi connectivity index (χ0) is 19.0. The molecule has 1 saturated heterocycles. The summed E-state index contributed by atoms with van der Waals surface area (Å²) in [6.07, 6.45) is 1.74. The summed E-state index contributed by atoms with van der Waals surface area (Å²) < 4.78 is 13.3. The van der Waals surface area contributed by atoms with Crippen molar-refractivity contribution in [3.8, 4) is 0 Å². The lowest BCUT2D eigenvalue weighted by molar-refractivity contribution is -0.114. The largest absolute Gasteiger partial charge is 0.385 e. The predicted molar refractivity (Wildman–Crippen MR) is 103 cm³/mol. The van der Waals surface area contributed by atoms with Crippen LogP contribution in [0.3, 0.4) is 0 Å². The smallest absolute Gasteiger partial charge is 0.221 e. The molecule has 2 fully saturated rings. The minimum Gasteiger partial charge on any atom is -0.385 e. The zero-order valence-electron chi connectivity index (χ0n) is 15.5. The van der Waals surface area contributed by atoms with Crippen LogP contribution in [-0.4, -0.2) is 29.0 Å². The highest BCUT2D eigenvalue weighted by molar-refractivity contribution is 5.88. The van der Waals surface area contributed by atoms with E-state index in [1.807, 2.05) is 24.3 Å². The van der Waals surface area contributed by atoms with Crippen LogP contribution in [0, 0.1) is 17.7 Å². The first-order chi connectivity index (χ1) is 12.9. The Labute approximate surface area is 159 Å². The Morgan fingerprint density at radius 1 is 1.19 bits per heavy atom. The van der Waals surface area contributed by atoms with Crippen LogP contribution in [0.2, 0.25) is 0 Å². The molecule has 5 heteroatoms. The number of carbonyl (C=O) groups excluding carboxylic acids is 1. The SMILES string of the molecule is CC(=O)Nc1ccc(CN2C[C@@H]3CC[C@@](O)(c4ccc(F)cc4)[C@@H]3C2)cc1. The second kappa shape index (κ2) is 7.06. The first kappa shape index (κ1) is 18.1. The molecule has 4 rings (SSSR count). The molecule has 1 heterocycles. The molecule has 27 heavy (non-hydrogen) atoms. The maximum absolute atomic E-state index is 13.3. The Balaban J connectivity index is 1.43. The first-order valence-corrected chi connectivity index (χ1v) is 9.51. The molecule has 1 aliphatic carbocycles. The van der Waals surface area contributed by atoms with Gasteiger partial charge in [-0.25, -0.2) is 4.39 Å². The number of nitrogens with one attached hydrogen (secondary N) is 1. The summed E-state index contributed by atoms with van der Waals surface area (Å²) in [7, 11) is 0. The number of anilines is 1. The van der Waals surface area contributed by atoms with Crippen LogP contribution in [0.5, 0.6) is 0 Å². The minimum absolute atomic E-state index is 0.0739. The Hall–Kier alpha value is -2.24. The van der Waals surface area contributed by atoms with Crippen molar-refractivity contribution in [3.63, 3.8) is 0 Å². The fourth-order valence-corrected chi connectivity index (χ4v) is 4.77. The fourth-order valence-electron chi connectivity index (χ4n) is 4.77. The van der Waals surface area contributed by atoms with E-state index in [4.69, 9.17) is 0 Å². The van der Waals surface area contributed by atoms with Crippen LogP contribution in [0.15, 0.2) is 48.5 Å². The van der Waals surface area contributed by atoms with E-state index < -0.39 is 5.60 Å². The van der Waals surface area contributed by atoms with Gasteiger partial charge in [0.2, 0.25) is 5.91 Å². The van der Waals surface area contributed by atoms with Gasteiger partial charge < -0.3 is 10.4 Å². The second-order valence-electron chi connectivity index (χ2n) is 7.91. The molecule has 0 radical (unpaired) electrons. The van der Waals surface area contributed by atoms with E-state index >= 15 is 0 Å². The highest BCUT2D eigenvalue weighted by atomic mass is 19.1. The summed E-state index contributed by atoms with van der Waals surface area (Å²) in [5.74, 6) is 0.308. The van der Waals surface area contributed by atoms with Crippen molar-refractivity contribution in [1.82, 2.24) is 4.90 Å². The maximum atomic E-state index is 13.3. The number of carbonyl (C=O) groups is 1. The van der Waals surface area contributed by atoms with Gasteiger partial charge in [-0.2, -0.15) is 0 Å². The van der Waals surface area contributed by atoms with Gasteiger partial charge in [0.25, 0.3) is 0 Å². The number of fused-ring (bicyclic) bond motifs is 1. The number of rotatable bonds is 4. The third kappa shape index (κ3) is 3.62. The van der Waals surface area contributed by atoms with Gasteiger partial charge in [-0.05, 0) is 54.2 Å². The molecule has 2 aromatic rings. The van der Waals surface area contributed by atoms with Crippen molar-refractivity contribution >= 4 is 11.6 Å². The summed E-state index contributed by atoms with van der Waals surface area (Å²) >= 11 is 0. The molecule has 0 spiro atoms. The van der Waals surface area contributed by atoms with Crippen LogP contribution in [-0.2, 0) is 16.9 Å². The Bertz CT molecular complexity index is 821. The monoisotopic (exact) mass is 368 g/mol. The second-order valence-corrected chi connectivity index (χ2v) is 7.91. The summed E-state index contributed by atoms with van der Waals surface area (Å²) in [6, 6.07) is 14.2. The lowest BCUT2D eigenvalue weighted by Gasteiger charge is -2.31. The van der Waals surface area contributed by atoms with Gasteiger partial charge in [-0.15, -0.1) is 0 Å². The molecule has 0 bridgehead atoms. The van der Waals surface area contributed by atoms with Crippen LogP contribution in [0.1, 0.15) is 30.9 Å². The van der Waals surface area contributed by atoms with Crippen molar-refractivity contribution < 1.29 is 14.3 Å². The molecule has 1 saturated carbocycles. The molecule has 2 aliphatic rings. The lowest BCUT2D eigenvalue weighted by atomic mass is 9.82. The number of amides is 1. The molecule has 1 aliphatic heterocycles. The van der Waals surface area contributed by atoms with Gasteiger partial charge in [0.1, 0.15) is 5.82 Å². The van der Waals surface area contributed by atoms with Crippen molar-refractivity contribution in [2.24, 2.45) is 11.8 Å². The number of nitrogens with zero attached hydrogens (tertiary/aromatic N) is 1. The number of likely N-dealkylation sites (tertiary alicyclic amines) is 1. The van der Waals surface area contributed by atoms with E-state index in [2.05, 4.69) is 10.2 Å². The topological polar surface area (TPSA) is 52.6 Å². The zero-order valence-corrected chi connectivity index (χ0v) is 15.5. The normalized spacial score (nSPS) is 27.5. The first-order valence-electron chi connectivity index (χ1n) is 9.51. The van der Waals surface area contributed by atoms with Gasteiger partial charge in [-0.3, -0.25) is 9.69 Å². The van der Waals surface area contributed by atoms with Crippen molar-refractivity contribution in [3.05, 3.63) is 65.5 Å². The van der Waals surface area contributed by atoms with Crippen molar-refractivity contribution in [2.45, 2.75) is 31.9 Å². The third-order valence-electron chi connectivity index (χ3n) is 6.05. The number of aliphatic hydroxyl groups is 1.